The SMILES string of the molecule is CC1(C)CC[C@]2(C(=O)O)[C@H](O)C[C@]3(C)C(=CC[C@@H]4[C@@]5(C)C[C@H](O)[C@H](O)C(CO)(CO)C5CC[C@]43C)[C@@H]2C1. The number of aliphatic hydroxyl groups excluding tert-OH is 5. The van der Waals surface area contributed by atoms with Gasteiger partial charge < -0.3 is 30.6 Å². The lowest BCUT2D eigenvalue weighted by molar-refractivity contribution is -0.260. The molecule has 7 nitrogen and oxygen atoms in total. The van der Waals surface area contributed by atoms with Gasteiger partial charge in [0.1, 0.15) is 5.41 Å². The number of fused-ring (bicyclic) bond motifs is 7. The number of carboxylic acids is 1. The molecule has 5 aliphatic rings. The van der Waals surface area contributed by atoms with Crippen LogP contribution < -0.4 is 0 Å². The number of hydrogen-bond acceptors (Lipinski definition) is 6. The van der Waals surface area contributed by atoms with Gasteiger partial charge in [-0.25, -0.2) is 0 Å². The van der Waals surface area contributed by atoms with Crippen molar-refractivity contribution in [3.8, 4) is 0 Å². The van der Waals surface area contributed by atoms with E-state index >= 15 is 0 Å². The van der Waals surface area contributed by atoms with Gasteiger partial charge in [-0.1, -0.05) is 46.3 Å². The predicted octanol–water partition coefficient (Wildman–Crippen LogP) is 3.12. The van der Waals surface area contributed by atoms with E-state index in [0.717, 1.165) is 25.7 Å². The molecule has 4 saturated carbocycles. The fraction of sp³-hybridized carbons (Fsp3) is 0.900. The van der Waals surface area contributed by atoms with Crippen LogP contribution in [-0.4, -0.2) is 68.1 Å². The van der Waals surface area contributed by atoms with Crippen molar-refractivity contribution in [2.45, 2.75) is 104 Å². The van der Waals surface area contributed by atoms with Gasteiger partial charge in [0, 0.05) is 5.41 Å². The Hall–Kier alpha value is -0.990. The highest BCUT2D eigenvalue weighted by Crippen LogP contribution is 2.75. The summed E-state index contributed by atoms with van der Waals surface area (Å²) in [6.07, 6.45) is 4.08. The van der Waals surface area contributed by atoms with Gasteiger partial charge >= 0.3 is 5.97 Å². The maximum absolute atomic E-state index is 12.8. The molecule has 0 radical (unpaired) electrons. The highest BCUT2D eigenvalue weighted by Gasteiger charge is 2.72. The summed E-state index contributed by atoms with van der Waals surface area (Å²) in [7, 11) is 0. The largest absolute Gasteiger partial charge is 0.481 e. The summed E-state index contributed by atoms with van der Waals surface area (Å²) in [6, 6.07) is 0. The zero-order chi connectivity index (χ0) is 27.4. The molecule has 4 fully saturated rings. The van der Waals surface area contributed by atoms with E-state index < -0.39 is 45.9 Å². The van der Waals surface area contributed by atoms with Crippen LogP contribution in [0.3, 0.4) is 0 Å². The Kier molecular flexibility index (Phi) is 6.16. The van der Waals surface area contributed by atoms with E-state index in [-0.39, 0.29) is 41.8 Å². The minimum atomic E-state index is -1.19. The van der Waals surface area contributed by atoms with Gasteiger partial charge in [-0.05, 0) is 90.8 Å². The maximum Gasteiger partial charge on any atom is 0.312 e. The fourth-order valence-corrected chi connectivity index (χ4v) is 10.9. The number of carbonyl (C=O) groups is 1. The lowest BCUT2D eigenvalue weighted by Gasteiger charge is -2.72. The van der Waals surface area contributed by atoms with Crippen LogP contribution in [0.2, 0.25) is 0 Å². The zero-order valence-corrected chi connectivity index (χ0v) is 23.2. The molecule has 1 unspecified atom stereocenters. The summed E-state index contributed by atoms with van der Waals surface area (Å²) in [5.74, 6) is -1.18. The molecule has 5 rings (SSSR count). The van der Waals surface area contributed by atoms with Crippen molar-refractivity contribution in [2.24, 2.45) is 50.2 Å². The molecule has 210 valence electrons. The molecule has 10 atom stereocenters. The van der Waals surface area contributed by atoms with Crippen molar-refractivity contribution in [3.63, 3.8) is 0 Å². The summed E-state index contributed by atoms with van der Waals surface area (Å²) < 4.78 is 0. The first kappa shape index (κ1) is 27.6. The van der Waals surface area contributed by atoms with Crippen LogP contribution in [0.25, 0.3) is 0 Å². The van der Waals surface area contributed by atoms with Crippen molar-refractivity contribution in [2.75, 3.05) is 13.2 Å². The Morgan fingerprint density at radius 3 is 2.16 bits per heavy atom. The number of allylic oxidation sites excluding steroid dienone is 2. The van der Waals surface area contributed by atoms with Crippen LogP contribution in [0.15, 0.2) is 11.6 Å². The summed E-state index contributed by atoms with van der Waals surface area (Å²) in [5, 5.41) is 65.1. The molecule has 0 amide bonds. The average Bonchev–Trinajstić information content (AvgIpc) is 2.80. The molecule has 0 aromatic rings. The zero-order valence-electron chi connectivity index (χ0n) is 23.2. The third kappa shape index (κ3) is 3.21. The van der Waals surface area contributed by atoms with Gasteiger partial charge in [0.2, 0.25) is 0 Å². The van der Waals surface area contributed by atoms with Crippen LogP contribution in [0.4, 0.5) is 0 Å². The highest BCUT2D eigenvalue weighted by atomic mass is 16.4. The van der Waals surface area contributed by atoms with Gasteiger partial charge in [0.25, 0.3) is 0 Å². The van der Waals surface area contributed by atoms with Gasteiger partial charge in [-0.15, -0.1) is 0 Å². The van der Waals surface area contributed by atoms with Gasteiger partial charge in [-0.3, -0.25) is 4.79 Å². The van der Waals surface area contributed by atoms with Crippen molar-refractivity contribution in [1.29, 1.82) is 0 Å². The number of aliphatic hydroxyl groups is 5. The van der Waals surface area contributed by atoms with E-state index in [4.69, 9.17) is 0 Å². The van der Waals surface area contributed by atoms with Crippen molar-refractivity contribution in [3.05, 3.63) is 11.6 Å². The van der Waals surface area contributed by atoms with E-state index in [2.05, 4.69) is 40.7 Å². The van der Waals surface area contributed by atoms with E-state index in [0.29, 0.717) is 25.7 Å². The molecule has 5 aliphatic carbocycles. The van der Waals surface area contributed by atoms with E-state index in [1.807, 2.05) is 0 Å². The Bertz CT molecular complexity index is 986. The van der Waals surface area contributed by atoms with Crippen LogP contribution in [0, 0.1) is 50.2 Å². The third-order valence-corrected chi connectivity index (χ3v) is 13.2. The molecule has 0 spiro atoms. The summed E-state index contributed by atoms with van der Waals surface area (Å²) >= 11 is 0. The van der Waals surface area contributed by atoms with Crippen LogP contribution in [-0.2, 0) is 4.79 Å². The number of rotatable bonds is 3. The Labute approximate surface area is 221 Å². The first-order valence-corrected chi connectivity index (χ1v) is 14.3. The van der Waals surface area contributed by atoms with Crippen molar-refractivity contribution in [1.82, 2.24) is 0 Å². The normalized spacial score (nSPS) is 52.1. The average molecular weight is 521 g/mol. The summed E-state index contributed by atoms with van der Waals surface area (Å²) in [4.78, 5) is 12.8. The molecule has 37 heavy (non-hydrogen) atoms. The fourth-order valence-electron chi connectivity index (χ4n) is 10.9. The van der Waals surface area contributed by atoms with Crippen LogP contribution in [0.5, 0.6) is 0 Å². The highest BCUT2D eigenvalue weighted by molar-refractivity contribution is 5.77. The first-order valence-electron chi connectivity index (χ1n) is 14.3. The summed E-state index contributed by atoms with van der Waals surface area (Å²) in [5.41, 5.74) is -2.26. The van der Waals surface area contributed by atoms with E-state index in [1.165, 1.54) is 5.57 Å². The van der Waals surface area contributed by atoms with Gasteiger partial charge in [0.15, 0.2) is 0 Å². The number of aliphatic carboxylic acids is 1. The Morgan fingerprint density at radius 1 is 0.919 bits per heavy atom. The quantitative estimate of drug-likeness (QED) is 0.314. The molecule has 7 heteroatoms. The lowest BCUT2D eigenvalue weighted by Crippen LogP contribution is -2.70. The number of carboxylic acid groups (broad SMARTS) is 1. The van der Waals surface area contributed by atoms with E-state index in [1.54, 1.807) is 0 Å². The number of hydrogen-bond donors (Lipinski definition) is 6. The molecule has 0 heterocycles. The maximum atomic E-state index is 12.8. The third-order valence-electron chi connectivity index (χ3n) is 13.2. The van der Waals surface area contributed by atoms with Crippen LogP contribution >= 0.6 is 0 Å². The minimum absolute atomic E-state index is 0.00467. The molecule has 0 saturated heterocycles. The second-order valence-electron chi connectivity index (χ2n) is 15.0. The minimum Gasteiger partial charge on any atom is -0.481 e. The molecular formula is C30H48O7. The predicted molar refractivity (Wildman–Crippen MR) is 138 cm³/mol. The molecule has 0 aliphatic heterocycles. The molecule has 0 aromatic carbocycles. The topological polar surface area (TPSA) is 138 Å². The molecule has 0 bridgehead atoms. The van der Waals surface area contributed by atoms with Gasteiger partial charge in [0.05, 0.1) is 31.5 Å². The molecule has 6 N–H and O–H groups in total. The Morgan fingerprint density at radius 2 is 1.57 bits per heavy atom. The first-order chi connectivity index (χ1) is 17.1. The second kappa shape index (κ2) is 8.26. The van der Waals surface area contributed by atoms with Crippen molar-refractivity contribution >= 4 is 5.97 Å². The van der Waals surface area contributed by atoms with Gasteiger partial charge in [-0.2, -0.15) is 0 Å². The molecular weight excluding hydrogens is 472 g/mol. The smallest absolute Gasteiger partial charge is 0.312 e. The second-order valence-corrected chi connectivity index (χ2v) is 15.0. The standard InChI is InChI=1S/C30H48O7/c1-25(2)10-11-30(24(36)37)18(12-25)17-6-7-20-26(3)13-19(33)23(35)29(15-31,16-32)21(26)8-9-27(20,4)28(17,5)14-22(30)34/h6,18-23,31-35H,7-16H2,1-5H3,(H,36,37)/t18-,19-,20+,21?,22+,23-,26+,27+,28+,30+/m0/s1. The lowest BCUT2D eigenvalue weighted by atomic mass is 9.33. The van der Waals surface area contributed by atoms with Crippen LogP contribution in [0.1, 0.15) is 86.0 Å². The Balaban J connectivity index is 1.64. The monoisotopic (exact) mass is 520 g/mol. The summed E-state index contributed by atoms with van der Waals surface area (Å²) in [6.45, 7) is 10.3. The molecule has 0 aromatic heterocycles. The van der Waals surface area contributed by atoms with E-state index in [9.17, 15) is 35.4 Å². The van der Waals surface area contributed by atoms with Crippen molar-refractivity contribution < 1.29 is 35.4 Å².